The highest BCUT2D eigenvalue weighted by Crippen LogP contribution is 2.05. The molecular weight excluding hydrogens is 272 g/mol. The van der Waals surface area contributed by atoms with Crippen LogP contribution in [0.15, 0.2) is 24.3 Å². The van der Waals surface area contributed by atoms with E-state index in [1.165, 1.54) is 56.7 Å². The molecule has 0 radical (unpaired) electrons. The molecule has 2 N–H and O–H groups in total. The number of likely N-dealkylation sites (tertiary alicyclic amines) is 1. The maximum atomic E-state index is 5.89. The lowest BCUT2D eigenvalue weighted by Gasteiger charge is -2.39. The summed E-state index contributed by atoms with van der Waals surface area (Å²) >= 11 is 0. The van der Waals surface area contributed by atoms with E-state index in [9.17, 15) is 0 Å². The minimum absolute atomic E-state index is 0.427. The number of hydrogen-bond donors (Lipinski definition) is 2. The topological polar surface area (TPSA) is 18.1 Å². The normalized spacial score (nSPS) is 36.2. The van der Waals surface area contributed by atoms with Gasteiger partial charge in [0.05, 0.1) is 19.1 Å². The zero-order valence-electron chi connectivity index (χ0n) is 14.4. The van der Waals surface area contributed by atoms with E-state index in [4.69, 9.17) is 4.74 Å². The molecule has 2 aliphatic rings. The summed E-state index contributed by atoms with van der Waals surface area (Å²) in [7, 11) is 0. The van der Waals surface area contributed by atoms with Gasteiger partial charge in [0.15, 0.2) is 0 Å². The van der Waals surface area contributed by atoms with Gasteiger partial charge in [-0.05, 0) is 20.8 Å². The fraction of sp³-hybridized carbons (Fsp3) is 0.684. The molecule has 3 nitrogen and oxygen atoms in total. The molecule has 0 amide bonds. The minimum Gasteiger partial charge on any atom is -0.364 e. The van der Waals surface area contributed by atoms with Crippen molar-refractivity contribution in [1.82, 2.24) is 0 Å². The van der Waals surface area contributed by atoms with Gasteiger partial charge in [0.2, 0.25) is 0 Å². The number of benzene rings is 1. The predicted octanol–water partition coefficient (Wildman–Crippen LogP) is 0.234. The number of piperidine rings is 1. The highest BCUT2D eigenvalue weighted by molar-refractivity contribution is 5.21. The fourth-order valence-corrected chi connectivity index (χ4v) is 4.37. The van der Waals surface area contributed by atoms with E-state index < -0.39 is 0 Å². The average Bonchev–Trinajstić information content (AvgIpc) is 2.47. The Morgan fingerprint density at radius 2 is 1.77 bits per heavy atom. The van der Waals surface area contributed by atoms with E-state index in [-0.39, 0.29) is 0 Å². The zero-order chi connectivity index (χ0) is 15.5. The first-order valence-electron chi connectivity index (χ1n) is 8.99. The third-order valence-electron chi connectivity index (χ3n) is 5.37. The van der Waals surface area contributed by atoms with Crippen molar-refractivity contribution in [3.8, 4) is 0 Å². The highest BCUT2D eigenvalue weighted by Gasteiger charge is 2.34. The molecule has 0 aromatic heterocycles. The van der Waals surface area contributed by atoms with Crippen molar-refractivity contribution in [1.29, 1.82) is 0 Å². The third-order valence-corrected chi connectivity index (χ3v) is 5.37. The summed E-state index contributed by atoms with van der Waals surface area (Å²) in [6.45, 7) is 12.9. The highest BCUT2D eigenvalue weighted by atomic mass is 16.5. The summed E-state index contributed by atoms with van der Waals surface area (Å²) in [4.78, 5) is 3.55. The lowest BCUT2D eigenvalue weighted by Crippen LogP contribution is -3.22. The summed E-state index contributed by atoms with van der Waals surface area (Å²) in [5, 5.41) is 0. The molecule has 0 bridgehead atoms. The Balaban J connectivity index is 1.50. The van der Waals surface area contributed by atoms with Crippen LogP contribution in [0.5, 0.6) is 0 Å². The van der Waals surface area contributed by atoms with Crippen LogP contribution in [0, 0.1) is 6.92 Å². The monoisotopic (exact) mass is 304 g/mol. The molecule has 2 aliphatic heterocycles. The Kier molecular flexibility index (Phi) is 5.17. The van der Waals surface area contributed by atoms with E-state index in [1.54, 1.807) is 9.80 Å². The van der Waals surface area contributed by atoms with Crippen LogP contribution in [0.25, 0.3) is 0 Å². The van der Waals surface area contributed by atoms with Crippen LogP contribution in [0.4, 0.5) is 0 Å². The second-order valence-corrected chi connectivity index (χ2v) is 7.51. The van der Waals surface area contributed by atoms with Crippen molar-refractivity contribution >= 4 is 0 Å². The van der Waals surface area contributed by atoms with Crippen molar-refractivity contribution in [2.45, 2.75) is 58.4 Å². The van der Waals surface area contributed by atoms with Crippen molar-refractivity contribution in [2.75, 3.05) is 26.2 Å². The SMILES string of the molecule is Cc1cccc(C[NH+]2CCC([NH+]3C[C@@H](C)O[C@H](C)C3)CC2)c1. The second-order valence-electron chi connectivity index (χ2n) is 7.51. The fourth-order valence-electron chi connectivity index (χ4n) is 4.37. The number of hydrogen-bond acceptors (Lipinski definition) is 1. The first-order valence-corrected chi connectivity index (χ1v) is 8.99. The van der Waals surface area contributed by atoms with Crippen molar-refractivity contribution in [3.05, 3.63) is 35.4 Å². The van der Waals surface area contributed by atoms with Gasteiger partial charge in [-0.15, -0.1) is 0 Å². The van der Waals surface area contributed by atoms with E-state index in [1.807, 2.05) is 0 Å². The summed E-state index contributed by atoms with van der Waals surface area (Å²) in [6, 6.07) is 9.86. The number of aryl methyl sites for hydroxylation is 1. The Morgan fingerprint density at radius 3 is 2.41 bits per heavy atom. The molecule has 2 atom stereocenters. The Hall–Kier alpha value is -0.900. The van der Waals surface area contributed by atoms with Crippen LogP contribution in [0.2, 0.25) is 0 Å². The van der Waals surface area contributed by atoms with E-state index in [2.05, 4.69) is 45.0 Å². The van der Waals surface area contributed by atoms with Gasteiger partial charge in [-0.2, -0.15) is 0 Å². The van der Waals surface area contributed by atoms with E-state index >= 15 is 0 Å². The van der Waals surface area contributed by atoms with Gasteiger partial charge in [-0.1, -0.05) is 29.8 Å². The molecule has 2 saturated heterocycles. The molecular formula is C19H32N2O+2. The number of nitrogens with one attached hydrogen (secondary N) is 2. The summed E-state index contributed by atoms with van der Waals surface area (Å²) < 4.78 is 5.89. The largest absolute Gasteiger partial charge is 0.364 e. The van der Waals surface area contributed by atoms with Gasteiger partial charge in [0, 0.05) is 18.4 Å². The maximum absolute atomic E-state index is 5.89. The van der Waals surface area contributed by atoms with Crippen LogP contribution < -0.4 is 9.80 Å². The van der Waals surface area contributed by atoms with Crippen LogP contribution in [0.3, 0.4) is 0 Å². The summed E-state index contributed by atoms with van der Waals surface area (Å²) in [5.41, 5.74) is 2.88. The Labute approximate surface area is 135 Å². The van der Waals surface area contributed by atoms with Crippen LogP contribution in [0.1, 0.15) is 37.8 Å². The number of ether oxygens (including phenoxy) is 1. The molecule has 0 spiro atoms. The Bertz CT molecular complexity index is 472. The summed E-state index contributed by atoms with van der Waals surface area (Å²) in [6.07, 6.45) is 3.60. The van der Waals surface area contributed by atoms with Gasteiger partial charge >= 0.3 is 0 Å². The van der Waals surface area contributed by atoms with Crippen LogP contribution in [-0.2, 0) is 11.3 Å². The maximum Gasteiger partial charge on any atom is 0.104 e. The standard InChI is InChI=1S/C19H30N2O/c1-15-5-4-6-18(11-15)14-20-9-7-19(8-10-20)21-12-16(2)22-17(3)13-21/h4-6,11,16-17,19H,7-10,12-14H2,1-3H3/p+2/t16-,17-/m1/s1. The molecule has 1 aromatic carbocycles. The van der Waals surface area contributed by atoms with Gasteiger partial charge in [0.1, 0.15) is 31.8 Å². The van der Waals surface area contributed by atoms with Gasteiger partial charge in [-0.3, -0.25) is 0 Å². The molecule has 0 saturated carbocycles. The molecule has 3 rings (SSSR count). The van der Waals surface area contributed by atoms with Crippen LogP contribution >= 0.6 is 0 Å². The second kappa shape index (κ2) is 7.12. The average molecular weight is 304 g/mol. The first kappa shape index (κ1) is 16.0. The minimum atomic E-state index is 0.427. The Morgan fingerprint density at radius 1 is 1.09 bits per heavy atom. The first-order chi connectivity index (χ1) is 10.6. The molecule has 2 heterocycles. The number of quaternary nitrogens is 2. The van der Waals surface area contributed by atoms with Crippen molar-refractivity contribution < 1.29 is 14.5 Å². The molecule has 0 unspecified atom stereocenters. The smallest absolute Gasteiger partial charge is 0.104 e. The zero-order valence-corrected chi connectivity index (χ0v) is 14.4. The lowest BCUT2D eigenvalue weighted by molar-refractivity contribution is -0.970. The lowest BCUT2D eigenvalue weighted by atomic mass is 10.0. The molecule has 122 valence electrons. The predicted molar refractivity (Wildman–Crippen MR) is 89.3 cm³/mol. The van der Waals surface area contributed by atoms with Gasteiger partial charge < -0.3 is 14.5 Å². The van der Waals surface area contributed by atoms with Crippen molar-refractivity contribution in [3.63, 3.8) is 0 Å². The van der Waals surface area contributed by atoms with Crippen LogP contribution in [-0.4, -0.2) is 44.4 Å². The van der Waals surface area contributed by atoms with E-state index in [0.717, 1.165) is 6.04 Å². The number of morpholine rings is 1. The van der Waals surface area contributed by atoms with E-state index in [0.29, 0.717) is 12.2 Å². The molecule has 2 fully saturated rings. The summed E-state index contributed by atoms with van der Waals surface area (Å²) in [5.74, 6) is 0. The molecule has 22 heavy (non-hydrogen) atoms. The quantitative estimate of drug-likeness (QED) is 0.818. The van der Waals surface area contributed by atoms with Crippen molar-refractivity contribution in [2.24, 2.45) is 0 Å². The number of rotatable bonds is 3. The van der Waals surface area contributed by atoms with Gasteiger partial charge in [-0.25, -0.2) is 0 Å². The third kappa shape index (κ3) is 4.09. The molecule has 3 heteroatoms. The molecule has 0 aliphatic carbocycles. The van der Waals surface area contributed by atoms with Gasteiger partial charge in [0.25, 0.3) is 0 Å². The molecule has 1 aromatic rings.